The van der Waals surface area contributed by atoms with Gasteiger partial charge in [-0.15, -0.1) is 0 Å². The third-order valence-corrected chi connectivity index (χ3v) is 2.94. The average molecular weight is 244 g/mol. The summed E-state index contributed by atoms with van der Waals surface area (Å²) in [6, 6.07) is 7.17. The second-order valence-electron chi connectivity index (χ2n) is 3.36. The highest BCUT2D eigenvalue weighted by atomic mass is 32.2. The summed E-state index contributed by atoms with van der Waals surface area (Å²) in [5.74, 6) is 0. The van der Waals surface area contributed by atoms with Gasteiger partial charge in [-0.2, -0.15) is 0 Å². The Labute approximate surface area is 101 Å². The van der Waals surface area contributed by atoms with Crippen LogP contribution in [0.2, 0.25) is 0 Å². The summed E-state index contributed by atoms with van der Waals surface area (Å²) in [6.07, 6.45) is 3.17. The fraction of sp³-hybridized carbons (Fsp3) is 0. The van der Waals surface area contributed by atoms with Crippen LogP contribution in [0.3, 0.4) is 0 Å². The molecule has 3 rings (SSSR count). The largest absolute Gasteiger partial charge is 0.431 e. The van der Waals surface area contributed by atoms with Crippen LogP contribution in [0.4, 0.5) is 5.69 Å². The maximum absolute atomic E-state index is 5.68. The molecule has 0 amide bonds. The maximum atomic E-state index is 5.68. The van der Waals surface area contributed by atoms with Gasteiger partial charge in [-0.3, -0.25) is 0 Å². The summed E-state index contributed by atoms with van der Waals surface area (Å²) in [5.41, 5.74) is 7.82. The van der Waals surface area contributed by atoms with Crippen molar-refractivity contribution in [1.82, 2.24) is 15.0 Å². The molecule has 0 aliphatic rings. The van der Waals surface area contributed by atoms with E-state index in [0.29, 0.717) is 10.9 Å². The predicted molar refractivity (Wildman–Crippen MR) is 64.6 cm³/mol. The minimum absolute atomic E-state index is 0.546. The van der Waals surface area contributed by atoms with Crippen molar-refractivity contribution in [3.05, 3.63) is 36.8 Å². The van der Waals surface area contributed by atoms with E-state index in [2.05, 4.69) is 15.0 Å². The Morgan fingerprint density at radius 3 is 3.00 bits per heavy atom. The summed E-state index contributed by atoms with van der Waals surface area (Å²) in [7, 11) is 0. The molecular formula is C11H8N4OS. The molecule has 2 heterocycles. The third kappa shape index (κ3) is 2.07. The molecule has 0 fully saturated rings. The van der Waals surface area contributed by atoms with Gasteiger partial charge in [0.1, 0.15) is 16.9 Å². The van der Waals surface area contributed by atoms with Gasteiger partial charge in [0.15, 0.2) is 5.58 Å². The zero-order valence-electron chi connectivity index (χ0n) is 8.70. The number of aromatic nitrogens is 3. The van der Waals surface area contributed by atoms with Gasteiger partial charge in [0.05, 0.1) is 0 Å². The van der Waals surface area contributed by atoms with Crippen molar-refractivity contribution in [1.29, 1.82) is 0 Å². The minimum Gasteiger partial charge on any atom is -0.431 e. The van der Waals surface area contributed by atoms with Gasteiger partial charge >= 0.3 is 0 Å². The van der Waals surface area contributed by atoms with Crippen molar-refractivity contribution in [2.75, 3.05) is 5.73 Å². The smallest absolute Gasteiger partial charge is 0.263 e. The molecule has 0 spiro atoms. The van der Waals surface area contributed by atoms with Gasteiger partial charge in [0.25, 0.3) is 5.22 Å². The molecule has 0 unspecified atom stereocenters. The summed E-state index contributed by atoms with van der Waals surface area (Å²) >= 11 is 1.35. The quantitative estimate of drug-likeness (QED) is 0.550. The topological polar surface area (TPSA) is 77.8 Å². The van der Waals surface area contributed by atoms with E-state index in [0.717, 1.165) is 16.1 Å². The molecule has 2 aromatic heterocycles. The fourth-order valence-corrected chi connectivity index (χ4v) is 2.08. The van der Waals surface area contributed by atoms with E-state index in [1.165, 1.54) is 18.1 Å². The standard InChI is InChI=1S/C11H8N4OS/c12-7-1-2-9-8(5-7)15-11(16-9)17-10-3-4-13-6-14-10/h1-6H,12H2. The van der Waals surface area contributed by atoms with Crippen LogP contribution in [-0.4, -0.2) is 15.0 Å². The number of benzene rings is 1. The lowest BCUT2D eigenvalue weighted by atomic mass is 10.3. The zero-order valence-corrected chi connectivity index (χ0v) is 9.52. The molecule has 2 N–H and O–H groups in total. The molecule has 0 bridgehead atoms. The van der Waals surface area contributed by atoms with Crippen LogP contribution in [0, 0.1) is 0 Å². The maximum Gasteiger partial charge on any atom is 0.263 e. The van der Waals surface area contributed by atoms with Crippen LogP contribution in [0.15, 0.2) is 51.5 Å². The third-order valence-electron chi connectivity index (χ3n) is 2.14. The summed E-state index contributed by atoms with van der Waals surface area (Å²) in [4.78, 5) is 12.3. The molecule has 0 radical (unpaired) electrons. The molecule has 84 valence electrons. The molecular weight excluding hydrogens is 236 g/mol. The van der Waals surface area contributed by atoms with Gasteiger partial charge in [0.2, 0.25) is 0 Å². The van der Waals surface area contributed by atoms with Crippen molar-refractivity contribution in [2.45, 2.75) is 10.2 Å². The van der Waals surface area contributed by atoms with Crippen LogP contribution >= 0.6 is 11.8 Å². The Kier molecular flexibility index (Phi) is 2.41. The summed E-state index contributed by atoms with van der Waals surface area (Å²) in [6.45, 7) is 0. The van der Waals surface area contributed by atoms with E-state index < -0.39 is 0 Å². The van der Waals surface area contributed by atoms with Crippen molar-refractivity contribution in [3.8, 4) is 0 Å². The first-order chi connectivity index (χ1) is 8.31. The molecule has 0 aliphatic carbocycles. The highest BCUT2D eigenvalue weighted by Gasteiger charge is 2.08. The number of oxazole rings is 1. The van der Waals surface area contributed by atoms with Crippen molar-refractivity contribution < 1.29 is 4.42 Å². The minimum atomic E-state index is 0.546. The Bertz CT molecular complexity index is 653. The van der Waals surface area contributed by atoms with Gasteiger partial charge < -0.3 is 10.2 Å². The molecule has 0 saturated heterocycles. The predicted octanol–water partition coefficient (Wildman–Crippen LogP) is 2.35. The zero-order chi connectivity index (χ0) is 11.7. The second kappa shape index (κ2) is 4.06. The van der Waals surface area contributed by atoms with Gasteiger partial charge in [-0.1, -0.05) is 0 Å². The number of nitrogens with two attached hydrogens (primary N) is 1. The number of hydrogen-bond donors (Lipinski definition) is 1. The molecule has 0 aliphatic heterocycles. The number of fused-ring (bicyclic) bond motifs is 1. The van der Waals surface area contributed by atoms with Crippen LogP contribution < -0.4 is 5.73 Å². The van der Waals surface area contributed by atoms with E-state index in [1.54, 1.807) is 24.4 Å². The summed E-state index contributed by atoms with van der Waals surface area (Å²) in [5, 5.41) is 1.34. The molecule has 6 heteroatoms. The van der Waals surface area contributed by atoms with Crippen molar-refractivity contribution >= 4 is 28.5 Å². The second-order valence-corrected chi connectivity index (χ2v) is 4.33. The Morgan fingerprint density at radius 2 is 2.18 bits per heavy atom. The monoisotopic (exact) mass is 244 g/mol. The van der Waals surface area contributed by atoms with Crippen LogP contribution in [0.25, 0.3) is 11.1 Å². The summed E-state index contributed by atoms with van der Waals surface area (Å²) < 4.78 is 5.56. The van der Waals surface area contributed by atoms with E-state index in [1.807, 2.05) is 6.07 Å². The lowest BCUT2D eigenvalue weighted by Crippen LogP contribution is -1.82. The first-order valence-electron chi connectivity index (χ1n) is 4.91. The van der Waals surface area contributed by atoms with E-state index in [4.69, 9.17) is 10.2 Å². The van der Waals surface area contributed by atoms with Gasteiger partial charge in [-0.25, -0.2) is 15.0 Å². The van der Waals surface area contributed by atoms with E-state index >= 15 is 0 Å². The van der Waals surface area contributed by atoms with Gasteiger partial charge in [0, 0.05) is 11.9 Å². The van der Waals surface area contributed by atoms with Crippen molar-refractivity contribution in [3.63, 3.8) is 0 Å². The SMILES string of the molecule is Nc1ccc2oc(Sc3ccncn3)nc2c1. The number of nitrogens with zero attached hydrogens (tertiary/aromatic N) is 3. The highest BCUT2D eigenvalue weighted by molar-refractivity contribution is 7.99. The van der Waals surface area contributed by atoms with Crippen molar-refractivity contribution in [2.24, 2.45) is 0 Å². The number of anilines is 1. The molecule has 0 saturated carbocycles. The first kappa shape index (κ1) is 10.1. The lowest BCUT2D eigenvalue weighted by Gasteiger charge is -1.92. The first-order valence-corrected chi connectivity index (χ1v) is 5.73. The van der Waals surface area contributed by atoms with Crippen LogP contribution in [-0.2, 0) is 0 Å². The highest BCUT2D eigenvalue weighted by Crippen LogP contribution is 2.28. The van der Waals surface area contributed by atoms with Crippen LogP contribution in [0.1, 0.15) is 0 Å². The molecule has 1 aromatic carbocycles. The van der Waals surface area contributed by atoms with Gasteiger partial charge in [-0.05, 0) is 36.0 Å². The number of rotatable bonds is 2. The molecule has 0 atom stereocenters. The van der Waals surface area contributed by atoms with E-state index in [-0.39, 0.29) is 0 Å². The number of nitrogen functional groups attached to an aromatic ring is 1. The Hall–Kier alpha value is -2.08. The Balaban J connectivity index is 1.96. The number of hydrogen-bond acceptors (Lipinski definition) is 6. The Morgan fingerprint density at radius 1 is 1.24 bits per heavy atom. The normalized spacial score (nSPS) is 10.8. The average Bonchev–Trinajstić information content (AvgIpc) is 2.71. The molecule has 3 aromatic rings. The molecule has 17 heavy (non-hydrogen) atoms. The van der Waals surface area contributed by atoms with Crippen LogP contribution in [0.5, 0.6) is 0 Å². The lowest BCUT2D eigenvalue weighted by molar-refractivity contribution is 0.489. The molecule has 5 nitrogen and oxygen atoms in total. The fourth-order valence-electron chi connectivity index (χ4n) is 1.40. The van der Waals surface area contributed by atoms with E-state index in [9.17, 15) is 0 Å².